The molecule has 1 atom stereocenters. The second kappa shape index (κ2) is 11.6. The van der Waals surface area contributed by atoms with Crippen LogP contribution in [0.2, 0.25) is 0 Å². The molecule has 2 heterocycles. The number of halogens is 4. The Kier molecular flexibility index (Phi) is 8.39. The number of hydrogen-bond donors (Lipinski definition) is 2. The fraction of sp³-hybridized carbons (Fsp3) is 0.300. The number of carbonyl (C=O) groups excluding carboxylic acids is 1. The third-order valence-electron chi connectivity index (χ3n) is 6.68. The van der Waals surface area contributed by atoms with Crippen molar-refractivity contribution in [2.45, 2.75) is 46.5 Å². The van der Waals surface area contributed by atoms with Crippen molar-refractivity contribution < 1.29 is 27.5 Å². The Balaban J connectivity index is 1.89. The summed E-state index contributed by atoms with van der Waals surface area (Å²) in [5, 5.41) is 12.6. The van der Waals surface area contributed by atoms with Crippen LogP contribution in [0.1, 0.15) is 46.2 Å². The highest BCUT2D eigenvalue weighted by molar-refractivity contribution is 6.07. The second-order valence-electron chi connectivity index (χ2n) is 10.0. The van der Waals surface area contributed by atoms with Crippen LogP contribution in [0.15, 0.2) is 59.4 Å². The van der Waals surface area contributed by atoms with Crippen molar-refractivity contribution in [1.82, 2.24) is 14.9 Å². The number of benzene rings is 2. The monoisotopic (exact) mass is 555 g/mol. The first-order chi connectivity index (χ1) is 18.9. The van der Waals surface area contributed by atoms with Gasteiger partial charge in [-0.15, -0.1) is 0 Å². The first-order valence-corrected chi connectivity index (χ1v) is 12.8. The van der Waals surface area contributed by atoms with Gasteiger partial charge in [-0.1, -0.05) is 36.8 Å². The lowest BCUT2D eigenvalue weighted by Crippen LogP contribution is -2.34. The summed E-state index contributed by atoms with van der Waals surface area (Å²) in [5.41, 5.74) is 0.766. The van der Waals surface area contributed by atoms with Crippen molar-refractivity contribution in [2.75, 3.05) is 6.61 Å². The molecule has 0 spiro atoms. The van der Waals surface area contributed by atoms with E-state index in [9.17, 15) is 32.3 Å². The Bertz CT molecular complexity index is 1610. The molecule has 40 heavy (non-hydrogen) atoms. The third-order valence-corrected chi connectivity index (χ3v) is 6.68. The van der Waals surface area contributed by atoms with Gasteiger partial charge in [-0.05, 0) is 67.6 Å². The largest absolute Gasteiger partial charge is 0.416 e. The summed E-state index contributed by atoms with van der Waals surface area (Å²) >= 11 is 0. The summed E-state index contributed by atoms with van der Waals surface area (Å²) in [6.07, 6.45) is -4.18. The van der Waals surface area contributed by atoms with Gasteiger partial charge in [-0.25, -0.2) is 9.37 Å². The van der Waals surface area contributed by atoms with Crippen molar-refractivity contribution >= 4 is 16.8 Å². The highest BCUT2D eigenvalue weighted by Gasteiger charge is 2.31. The molecule has 4 rings (SSSR count). The number of aliphatic hydroxyl groups is 1. The molecular weight excluding hydrogens is 526 g/mol. The number of rotatable bonds is 8. The molecule has 0 bridgehead atoms. The first-order valence-electron chi connectivity index (χ1n) is 12.8. The molecule has 2 aromatic heterocycles. The van der Waals surface area contributed by atoms with Gasteiger partial charge in [0.1, 0.15) is 17.0 Å². The van der Waals surface area contributed by atoms with Gasteiger partial charge in [0.15, 0.2) is 0 Å². The molecule has 2 aromatic carbocycles. The molecule has 0 aliphatic rings. The summed E-state index contributed by atoms with van der Waals surface area (Å²) in [5.74, 6) is -1.35. The zero-order valence-corrected chi connectivity index (χ0v) is 22.3. The summed E-state index contributed by atoms with van der Waals surface area (Å²) in [6.45, 7) is 4.79. The maximum Gasteiger partial charge on any atom is 0.416 e. The van der Waals surface area contributed by atoms with Crippen molar-refractivity contribution in [2.24, 2.45) is 5.92 Å². The summed E-state index contributed by atoms with van der Waals surface area (Å²) < 4.78 is 55.2. The van der Waals surface area contributed by atoms with Gasteiger partial charge in [0.05, 0.1) is 5.56 Å². The number of fused-ring (bicyclic) bond motifs is 1. The van der Waals surface area contributed by atoms with E-state index in [1.54, 1.807) is 32.0 Å². The van der Waals surface area contributed by atoms with Gasteiger partial charge >= 0.3 is 6.18 Å². The predicted molar refractivity (Wildman–Crippen MR) is 144 cm³/mol. The molecule has 2 N–H and O–H groups in total. The number of nitrogens with one attached hydrogen (secondary N) is 1. The fourth-order valence-corrected chi connectivity index (χ4v) is 4.61. The number of pyridine rings is 2. The van der Waals surface area contributed by atoms with Gasteiger partial charge in [0.2, 0.25) is 0 Å². The van der Waals surface area contributed by atoms with Crippen LogP contribution < -0.4 is 10.9 Å². The molecule has 0 aliphatic heterocycles. The van der Waals surface area contributed by atoms with E-state index in [0.29, 0.717) is 34.2 Å². The van der Waals surface area contributed by atoms with Crippen molar-refractivity contribution in [1.29, 1.82) is 0 Å². The second-order valence-corrected chi connectivity index (χ2v) is 10.0. The van der Waals surface area contributed by atoms with Crippen LogP contribution in [0, 0.1) is 25.6 Å². The Labute approximate surface area is 228 Å². The number of nitrogens with zero attached hydrogens (tertiary/aromatic N) is 2. The van der Waals surface area contributed by atoms with E-state index in [-0.39, 0.29) is 42.4 Å². The number of carbonyl (C=O) groups is 1. The maximum absolute atomic E-state index is 13.8. The van der Waals surface area contributed by atoms with Gasteiger partial charge in [0, 0.05) is 36.3 Å². The van der Waals surface area contributed by atoms with Crippen LogP contribution in [0.3, 0.4) is 0 Å². The molecule has 0 saturated heterocycles. The molecule has 10 heteroatoms. The lowest BCUT2D eigenvalue weighted by molar-refractivity contribution is -0.137. The van der Waals surface area contributed by atoms with Crippen molar-refractivity contribution in [3.63, 3.8) is 0 Å². The van der Waals surface area contributed by atoms with Crippen molar-refractivity contribution in [3.05, 3.63) is 98.8 Å². The quantitative estimate of drug-likeness (QED) is 0.270. The predicted octanol–water partition coefficient (Wildman–Crippen LogP) is 5.79. The van der Waals surface area contributed by atoms with Crippen LogP contribution >= 0.6 is 0 Å². The molecule has 210 valence electrons. The van der Waals surface area contributed by atoms with Crippen LogP contribution in [0.25, 0.3) is 22.0 Å². The average Bonchev–Trinajstić information content (AvgIpc) is 2.91. The van der Waals surface area contributed by atoms with E-state index in [0.717, 1.165) is 12.1 Å². The SMILES string of the molecule is Cc1cc(CNC(=O)c2c(-c3ccc(F)cc3)c3ccc(C)nc3c(=O)n2CC[C@@H](C)CO)cc(C(F)(F)F)c1. The number of amides is 1. The summed E-state index contributed by atoms with van der Waals surface area (Å²) in [7, 11) is 0. The number of aliphatic hydroxyl groups excluding tert-OH is 1. The third kappa shape index (κ3) is 6.22. The van der Waals surface area contributed by atoms with E-state index in [1.165, 1.54) is 35.8 Å². The molecule has 0 saturated carbocycles. The van der Waals surface area contributed by atoms with E-state index >= 15 is 0 Å². The molecule has 0 fully saturated rings. The van der Waals surface area contributed by atoms with Gasteiger partial charge in [-0.2, -0.15) is 13.2 Å². The van der Waals surface area contributed by atoms with Gasteiger partial charge in [0.25, 0.3) is 11.5 Å². The molecule has 0 unspecified atom stereocenters. The smallest absolute Gasteiger partial charge is 0.396 e. The Morgan fingerprint density at radius 3 is 2.42 bits per heavy atom. The molecular formula is C30H29F4N3O3. The number of hydrogen-bond acceptors (Lipinski definition) is 4. The van der Waals surface area contributed by atoms with E-state index in [1.807, 2.05) is 0 Å². The molecule has 1 amide bonds. The Hall–Kier alpha value is -4.05. The van der Waals surface area contributed by atoms with E-state index < -0.39 is 29.0 Å². The van der Waals surface area contributed by atoms with Gasteiger partial charge < -0.3 is 15.0 Å². The molecule has 0 radical (unpaired) electrons. The van der Waals surface area contributed by atoms with Crippen LogP contribution in [-0.4, -0.2) is 27.2 Å². The minimum Gasteiger partial charge on any atom is -0.396 e. The topological polar surface area (TPSA) is 84.2 Å². The minimum absolute atomic E-state index is 0.0244. The molecule has 0 aliphatic carbocycles. The highest BCUT2D eigenvalue weighted by Crippen LogP contribution is 2.32. The van der Waals surface area contributed by atoms with E-state index in [4.69, 9.17) is 0 Å². The highest BCUT2D eigenvalue weighted by atomic mass is 19.4. The fourth-order valence-electron chi connectivity index (χ4n) is 4.61. The number of aromatic nitrogens is 2. The molecule has 4 aromatic rings. The average molecular weight is 556 g/mol. The lowest BCUT2D eigenvalue weighted by atomic mass is 9.97. The zero-order valence-electron chi connectivity index (χ0n) is 22.3. The Morgan fingerprint density at radius 2 is 1.77 bits per heavy atom. The standard InChI is InChI=1S/C30H29F4N3O3/c1-17(16-38)10-11-37-27(28(39)35-15-20-12-18(2)13-22(14-20)30(32,33)34)25(21-5-7-23(31)8-6-21)24-9-4-19(3)36-26(24)29(37)40/h4-9,12-14,17,38H,10-11,15-16H2,1-3H3,(H,35,39)/t17-/m1/s1. The molecule has 6 nitrogen and oxygen atoms in total. The van der Waals surface area contributed by atoms with Crippen LogP contribution in [-0.2, 0) is 19.3 Å². The summed E-state index contributed by atoms with van der Waals surface area (Å²) in [6, 6.07) is 12.3. The zero-order chi connectivity index (χ0) is 29.2. The van der Waals surface area contributed by atoms with Crippen LogP contribution in [0.5, 0.6) is 0 Å². The van der Waals surface area contributed by atoms with Crippen molar-refractivity contribution in [3.8, 4) is 11.1 Å². The normalized spacial score (nSPS) is 12.5. The minimum atomic E-state index is -4.55. The lowest BCUT2D eigenvalue weighted by Gasteiger charge is -2.21. The number of aryl methyl sites for hydroxylation is 2. The van der Waals surface area contributed by atoms with Crippen LogP contribution in [0.4, 0.5) is 17.6 Å². The Morgan fingerprint density at radius 1 is 1.07 bits per heavy atom. The maximum atomic E-state index is 13.8. The number of alkyl halides is 3. The van der Waals surface area contributed by atoms with E-state index in [2.05, 4.69) is 10.3 Å². The first kappa shape index (κ1) is 28.9. The van der Waals surface area contributed by atoms with Gasteiger partial charge in [-0.3, -0.25) is 9.59 Å². The summed E-state index contributed by atoms with van der Waals surface area (Å²) in [4.78, 5) is 31.9.